The zero-order chi connectivity index (χ0) is 19.1. The molecular formula is C23H20N2O2. The van der Waals surface area contributed by atoms with Crippen LogP contribution in [0.15, 0.2) is 78.9 Å². The first kappa shape index (κ1) is 18.4. The summed E-state index contributed by atoms with van der Waals surface area (Å²) in [5.74, 6) is -0.170. The lowest BCUT2D eigenvalue weighted by molar-refractivity contribution is 0.0708. The van der Waals surface area contributed by atoms with E-state index in [0.717, 1.165) is 16.7 Å². The molecule has 0 aliphatic heterocycles. The molecule has 4 nitrogen and oxygen atoms in total. The first-order valence-electron chi connectivity index (χ1n) is 8.77. The molecule has 0 saturated heterocycles. The van der Waals surface area contributed by atoms with Crippen LogP contribution in [-0.4, -0.2) is 29.1 Å². The molecule has 0 fully saturated rings. The van der Waals surface area contributed by atoms with Gasteiger partial charge in [-0.25, -0.2) is 0 Å². The second kappa shape index (κ2) is 8.79. The van der Waals surface area contributed by atoms with Gasteiger partial charge < -0.3 is 10.0 Å². The Bertz CT molecular complexity index is 961. The van der Waals surface area contributed by atoms with Crippen molar-refractivity contribution in [3.05, 3.63) is 95.6 Å². The zero-order valence-corrected chi connectivity index (χ0v) is 14.9. The molecule has 0 heterocycles. The number of carbonyl (C=O) groups excluding carboxylic acids is 1. The number of hydrogen-bond acceptors (Lipinski definition) is 3. The molecule has 3 aromatic rings. The summed E-state index contributed by atoms with van der Waals surface area (Å²) in [7, 11) is 0. The van der Waals surface area contributed by atoms with Crippen molar-refractivity contribution in [2.45, 2.75) is 6.54 Å². The van der Waals surface area contributed by atoms with E-state index < -0.39 is 0 Å². The average molecular weight is 356 g/mol. The molecule has 0 saturated carbocycles. The average Bonchev–Trinajstić information content (AvgIpc) is 2.73. The fourth-order valence-corrected chi connectivity index (χ4v) is 3.07. The number of hydrogen-bond donors (Lipinski definition) is 1. The maximum absolute atomic E-state index is 13.3. The molecular weight excluding hydrogens is 336 g/mol. The summed E-state index contributed by atoms with van der Waals surface area (Å²) in [6.45, 7) is 0.534. The van der Waals surface area contributed by atoms with Crippen LogP contribution in [0.25, 0.3) is 11.1 Å². The van der Waals surface area contributed by atoms with E-state index in [1.165, 1.54) is 0 Å². The lowest BCUT2D eigenvalue weighted by Gasteiger charge is -2.23. The molecule has 1 amide bonds. The van der Waals surface area contributed by atoms with Crippen LogP contribution >= 0.6 is 0 Å². The topological polar surface area (TPSA) is 64.3 Å². The van der Waals surface area contributed by atoms with Crippen LogP contribution in [0.2, 0.25) is 0 Å². The van der Waals surface area contributed by atoms with E-state index in [4.69, 9.17) is 0 Å². The maximum Gasteiger partial charge on any atom is 0.254 e. The first-order valence-corrected chi connectivity index (χ1v) is 8.77. The Labute approximate surface area is 158 Å². The van der Waals surface area contributed by atoms with Gasteiger partial charge in [0.2, 0.25) is 0 Å². The number of aliphatic hydroxyl groups is 1. The zero-order valence-electron chi connectivity index (χ0n) is 14.9. The van der Waals surface area contributed by atoms with Crippen molar-refractivity contribution >= 4 is 5.91 Å². The highest BCUT2D eigenvalue weighted by atomic mass is 16.3. The minimum atomic E-state index is -0.170. The van der Waals surface area contributed by atoms with Crippen LogP contribution in [0.3, 0.4) is 0 Å². The molecule has 134 valence electrons. The Balaban J connectivity index is 1.99. The quantitative estimate of drug-likeness (QED) is 0.729. The van der Waals surface area contributed by atoms with Gasteiger partial charge in [0.05, 0.1) is 18.2 Å². The molecule has 0 aliphatic carbocycles. The van der Waals surface area contributed by atoms with Gasteiger partial charge in [0.25, 0.3) is 5.91 Å². The third kappa shape index (κ3) is 4.22. The van der Waals surface area contributed by atoms with Gasteiger partial charge in [-0.05, 0) is 23.3 Å². The van der Waals surface area contributed by atoms with E-state index in [9.17, 15) is 15.2 Å². The minimum absolute atomic E-state index is 0.116. The summed E-state index contributed by atoms with van der Waals surface area (Å²) in [6, 6.07) is 26.4. The number of nitriles is 1. The predicted molar refractivity (Wildman–Crippen MR) is 105 cm³/mol. The van der Waals surface area contributed by atoms with Crippen LogP contribution in [0, 0.1) is 11.3 Å². The second-order valence-corrected chi connectivity index (χ2v) is 6.14. The molecule has 0 aliphatic rings. The molecule has 0 bridgehead atoms. The predicted octanol–water partition coefficient (Wildman–Crippen LogP) is 3.86. The standard InChI is InChI=1S/C23H20N2O2/c24-16-19-10-4-5-11-20(19)21-12-6-7-13-22(21)23(27)25(14-15-26)17-18-8-2-1-3-9-18/h1-13,26H,14-15,17H2. The van der Waals surface area contributed by atoms with Crippen LogP contribution in [0.4, 0.5) is 0 Å². The Morgan fingerprint density at radius 1 is 0.889 bits per heavy atom. The SMILES string of the molecule is N#Cc1ccccc1-c1ccccc1C(=O)N(CCO)Cc1ccccc1. The summed E-state index contributed by atoms with van der Waals surface area (Å²) in [6.07, 6.45) is 0. The van der Waals surface area contributed by atoms with Gasteiger partial charge >= 0.3 is 0 Å². The molecule has 0 radical (unpaired) electrons. The number of amides is 1. The third-order valence-corrected chi connectivity index (χ3v) is 4.37. The first-order chi connectivity index (χ1) is 13.2. The molecule has 3 aromatic carbocycles. The summed E-state index contributed by atoms with van der Waals surface area (Å²) >= 11 is 0. The van der Waals surface area contributed by atoms with E-state index in [2.05, 4.69) is 6.07 Å². The molecule has 0 aromatic heterocycles. The van der Waals surface area contributed by atoms with E-state index in [1.54, 1.807) is 23.1 Å². The molecule has 0 unspecified atom stereocenters. The lowest BCUT2D eigenvalue weighted by Crippen LogP contribution is -2.33. The monoisotopic (exact) mass is 356 g/mol. The Morgan fingerprint density at radius 2 is 1.52 bits per heavy atom. The molecule has 3 rings (SSSR count). The van der Waals surface area contributed by atoms with E-state index in [-0.39, 0.29) is 19.1 Å². The second-order valence-electron chi connectivity index (χ2n) is 6.14. The Morgan fingerprint density at radius 3 is 2.22 bits per heavy atom. The molecule has 0 spiro atoms. The van der Waals surface area contributed by atoms with Crippen molar-refractivity contribution in [3.63, 3.8) is 0 Å². The molecule has 4 heteroatoms. The van der Waals surface area contributed by atoms with Crippen LogP contribution < -0.4 is 0 Å². The maximum atomic E-state index is 13.3. The van der Waals surface area contributed by atoms with E-state index in [1.807, 2.05) is 60.7 Å². The van der Waals surface area contributed by atoms with Gasteiger partial charge in [-0.15, -0.1) is 0 Å². The van der Waals surface area contributed by atoms with Gasteiger partial charge in [0.15, 0.2) is 0 Å². The number of benzene rings is 3. The van der Waals surface area contributed by atoms with Crippen molar-refractivity contribution in [3.8, 4) is 17.2 Å². The lowest BCUT2D eigenvalue weighted by atomic mass is 9.95. The summed E-state index contributed by atoms with van der Waals surface area (Å²) in [5.41, 5.74) is 3.48. The molecule has 0 atom stereocenters. The molecule has 27 heavy (non-hydrogen) atoms. The van der Waals surface area contributed by atoms with Crippen molar-refractivity contribution in [1.29, 1.82) is 5.26 Å². The number of aliphatic hydroxyl groups excluding tert-OH is 1. The van der Waals surface area contributed by atoms with E-state index in [0.29, 0.717) is 17.7 Å². The van der Waals surface area contributed by atoms with Gasteiger partial charge in [-0.3, -0.25) is 4.79 Å². The van der Waals surface area contributed by atoms with Crippen molar-refractivity contribution in [2.75, 3.05) is 13.2 Å². The fourth-order valence-electron chi connectivity index (χ4n) is 3.07. The van der Waals surface area contributed by atoms with Crippen LogP contribution in [-0.2, 0) is 6.54 Å². The number of carbonyl (C=O) groups is 1. The number of rotatable bonds is 6. The summed E-state index contributed by atoms with van der Waals surface area (Å²) in [4.78, 5) is 14.9. The van der Waals surface area contributed by atoms with E-state index >= 15 is 0 Å². The fraction of sp³-hybridized carbons (Fsp3) is 0.130. The molecule has 1 N–H and O–H groups in total. The minimum Gasteiger partial charge on any atom is -0.395 e. The van der Waals surface area contributed by atoms with Gasteiger partial charge in [-0.1, -0.05) is 66.7 Å². The highest BCUT2D eigenvalue weighted by Crippen LogP contribution is 2.28. The Hall–Kier alpha value is -3.42. The smallest absolute Gasteiger partial charge is 0.254 e. The van der Waals surface area contributed by atoms with Gasteiger partial charge in [-0.2, -0.15) is 5.26 Å². The summed E-state index contributed by atoms with van der Waals surface area (Å²) in [5, 5.41) is 18.9. The highest BCUT2D eigenvalue weighted by molar-refractivity contribution is 6.01. The van der Waals surface area contributed by atoms with Crippen molar-refractivity contribution < 1.29 is 9.90 Å². The van der Waals surface area contributed by atoms with Crippen molar-refractivity contribution in [1.82, 2.24) is 4.90 Å². The Kier molecular flexibility index (Phi) is 5.98. The largest absolute Gasteiger partial charge is 0.395 e. The normalized spacial score (nSPS) is 10.2. The highest BCUT2D eigenvalue weighted by Gasteiger charge is 2.20. The van der Waals surface area contributed by atoms with Gasteiger partial charge in [0, 0.05) is 24.2 Å². The third-order valence-electron chi connectivity index (χ3n) is 4.37. The summed E-state index contributed by atoms with van der Waals surface area (Å²) < 4.78 is 0. The van der Waals surface area contributed by atoms with Gasteiger partial charge in [0.1, 0.15) is 0 Å². The number of nitrogens with zero attached hydrogens (tertiary/aromatic N) is 2. The van der Waals surface area contributed by atoms with Crippen molar-refractivity contribution in [2.24, 2.45) is 0 Å². The van der Waals surface area contributed by atoms with Crippen LogP contribution in [0.1, 0.15) is 21.5 Å². The van der Waals surface area contributed by atoms with Crippen LogP contribution in [0.5, 0.6) is 0 Å².